The molecule has 3 saturated carbocycles. The van der Waals surface area contributed by atoms with Crippen molar-refractivity contribution in [1.82, 2.24) is 15.5 Å². The molecule has 3 N–H and O–H groups in total. The molecule has 0 bridgehead atoms. The fourth-order valence-electron chi connectivity index (χ4n) is 9.80. The quantitative estimate of drug-likeness (QED) is 0.0791. The summed E-state index contributed by atoms with van der Waals surface area (Å²) in [6.45, 7) is 22.3. The van der Waals surface area contributed by atoms with Crippen molar-refractivity contribution in [3.05, 3.63) is 47.6 Å². The Hall–Kier alpha value is -3.08. The Labute approximate surface area is 343 Å². The number of imide groups is 1. The van der Waals surface area contributed by atoms with Gasteiger partial charge in [0.05, 0.1) is 23.7 Å². The van der Waals surface area contributed by atoms with Crippen LogP contribution in [0, 0.1) is 23.2 Å². The van der Waals surface area contributed by atoms with E-state index in [1.165, 1.54) is 61.8 Å². The maximum Gasteiger partial charge on any atom is 0.253 e. The van der Waals surface area contributed by atoms with E-state index in [4.69, 9.17) is 9.47 Å². The van der Waals surface area contributed by atoms with E-state index in [1.54, 1.807) is 5.57 Å². The number of amides is 4. The lowest BCUT2D eigenvalue weighted by Gasteiger charge is -2.44. The van der Waals surface area contributed by atoms with Crippen LogP contribution in [0.4, 0.5) is 0 Å². The number of rotatable bonds is 21. The van der Waals surface area contributed by atoms with Gasteiger partial charge in [-0.2, -0.15) is 0 Å². The molecule has 0 aromatic heterocycles. The van der Waals surface area contributed by atoms with Gasteiger partial charge in [0, 0.05) is 50.4 Å². The van der Waals surface area contributed by atoms with E-state index in [9.17, 15) is 24.3 Å². The second-order valence-electron chi connectivity index (χ2n) is 19.6. The number of allylic oxidation sites excluding steroid dienone is 4. The number of nitrogens with zero attached hydrogens (tertiary/aromatic N) is 1. The Balaban J connectivity index is 1.13. The maximum absolute atomic E-state index is 12.8. The molecule has 10 nitrogen and oxygen atoms in total. The number of carbonyl (C=O) groups is 4. The van der Waals surface area contributed by atoms with E-state index in [0.29, 0.717) is 43.4 Å². The second-order valence-corrected chi connectivity index (χ2v) is 19.6. The van der Waals surface area contributed by atoms with Crippen molar-refractivity contribution in [2.24, 2.45) is 23.2 Å². The predicted octanol–water partition coefficient (Wildman–Crippen LogP) is 8.05. The molecule has 320 valence electrons. The number of nitrogens with one attached hydrogen (secondary N) is 2. The molecule has 3 fully saturated rings. The third-order valence-electron chi connectivity index (χ3n) is 13.1. The van der Waals surface area contributed by atoms with Crippen LogP contribution in [0.5, 0.6) is 0 Å². The summed E-state index contributed by atoms with van der Waals surface area (Å²) in [6, 6.07) is 0. The van der Waals surface area contributed by atoms with E-state index in [0.717, 1.165) is 49.3 Å². The lowest BCUT2D eigenvalue weighted by Crippen LogP contribution is -2.46. The molecule has 4 amide bonds. The van der Waals surface area contributed by atoms with Gasteiger partial charge in [-0.3, -0.25) is 24.1 Å². The van der Waals surface area contributed by atoms with Gasteiger partial charge in [-0.15, -0.1) is 0 Å². The van der Waals surface area contributed by atoms with Gasteiger partial charge in [-0.1, -0.05) is 56.6 Å². The zero-order chi connectivity index (χ0) is 42.0. The molecule has 1 aliphatic heterocycles. The summed E-state index contributed by atoms with van der Waals surface area (Å²) < 4.78 is 12.4. The Morgan fingerprint density at radius 2 is 1.72 bits per heavy atom. The summed E-state index contributed by atoms with van der Waals surface area (Å²) in [5.41, 5.74) is 2.70. The van der Waals surface area contributed by atoms with E-state index >= 15 is 0 Å². The first-order valence-electron chi connectivity index (χ1n) is 21.8. The number of carbonyl (C=O) groups excluding carboxylic acids is 4. The topological polar surface area (TPSA) is 134 Å². The molecule has 1 unspecified atom stereocenters. The third-order valence-corrected chi connectivity index (χ3v) is 13.1. The number of hydrogen-bond donors (Lipinski definition) is 3. The summed E-state index contributed by atoms with van der Waals surface area (Å²) in [5, 5.41) is 16.2. The Kier molecular flexibility index (Phi) is 16.6. The molecule has 1 heterocycles. The van der Waals surface area contributed by atoms with Crippen molar-refractivity contribution in [3.63, 3.8) is 0 Å². The van der Waals surface area contributed by atoms with Gasteiger partial charge in [-0.25, -0.2) is 0 Å². The highest BCUT2D eigenvalue weighted by Crippen LogP contribution is 2.60. The average Bonchev–Trinajstić information content (AvgIpc) is 3.63. The van der Waals surface area contributed by atoms with Crippen molar-refractivity contribution in [1.29, 1.82) is 0 Å². The van der Waals surface area contributed by atoms with Crippen LogP contribution in [0.15, 0.2) is 47.6 Å². The van der Waals surface area contributed by atoms with Gasteiger partial charge in [0.1, 0.15) is 0 Å². The molecule has 10 heteroatoms. The molecule has 5 atom stereocenters. The smallest absolute Gasteiger partial charge is 0.253 e. The van der Waals surface area contributed by atoms with Crippen LogP contribution in [-0.2, 0) is 28.7 Å². The monoisotopic (exact) mass is 794 g/mol. The van der Waals surface area contributed by atoms with E-state index < -0.39 is 28.6 Å². The normalized spacial score (nSPS) is 26.4. The second kappa shape index (κ2) is 20.3. The summed E-state index contributed by atoms with van der Waals surface area (Å²) in [5.74, 6) is 0.966. The van der Waals surface area contributed by atoms with Crippen LogP contribution in [0.25, 0.3) is 0 Å². The Morgan fingerprint density at radius 1 is 1.00 bits per heavy atom. The van der Waals surface area contributed by atoms with Gasteiger partial charge in [0.25, 0.3) is 11.8 Å². The first-order chi connectivity index (χ1) is 26.7. The minimum Gasteiger partial charge on any atom is -0.390 e. The summed E-state index contributed by atoms with van der Waals surface area (Å²) >= 11 is 0. The number of hydrogen-bond acceptors (Lipinski definition) is 7. The molecule has 0 aromatic carbocycles. The van der Waals surface area contributed by atoms with Crippen LogP contribution < -0.4 is 10.6 Å². The van der Waals surface area contributed by atoms with Crippen molar-refractivity contribution < 1.29 is 33.8 Å². The first-order valence-corrected chi connectivity index (χ1v) is 21.8. The van der Waals surface area contributed by atoms with Crippen LogP contribution >= 0.6 is 0 Å². The fraction of sp³-hybridized carbons (Fsp3) is 0.745. The van der Waals surface area contributed by atoms with Gasteiger partial charge < -0.3 is 25.2 Å². The third kappa shape index (κ3) is 14.3. The molecular formula is C47H75N3O7. The highest BCUT2D eigenvalue weighted by molar-refractivity contribution is 6.13. The number of aliphatic hydroxyl groups is 1. The molecule has 57 heavy (non-hydrogen) atoms. The van der Waals surface area contributed by atoms with Crippen molar-refractivity contribution in [2.75, 3.05) is 26.3 Å². The van der Waals surface area contributed by atoms with Crippen molar-refractivity contribution >= 4 is 23.6 Å². The van der Waals surface area contributed by atoms with Gasteiger partial charge >= 0.3 is 0 Å². The number of fused-ring (bicyclic) bond motifs is 1. The van der Waals surface area contributed by atoms with E-state index in [-0.39, 0.29) is 37.3 Å². The summed E-state index contributed by atoms with van der Waals surface area (Å²) in [4.78, 5) is 49.8. The highest BCUT2D eigenvalue weighted by Gasteiger charge is 2.50. The summed E-state index contributed by atoms with van der Waals surface area (Å²) in [7, 11) is 0. The van der Waals surface area contributed by atoms with Gasteiger partial charge in [0.2, 0.25) is 11.8 Å². The zero-order valence-electron chi connectivity index (χ0n) is 36.6. The molecule has 0 saturated heterocycles. The Morgan fingerprint density at radius 3 is 2.42 bits per heavy atom. The molecule has 3 aliphatic carbocycles. The van der Waals surface area contributed by atoms with E-state index in [1.807, 2.05) is 41.5 Å². The summed E-state index contributed by atoms with van der Waals surface area (Å²) in [6.07, 6.45) is 21.2. The minimum absolute atomic E-state index is 0.0287. The van der Waals surface area contributed by atoms with Gasteiger partial charge in [0.15, 0.2) is 0 Å². The molecule has 0 radical (unpaired) electrons. The minimum atomic E-state index is -0.681. The highest BCUT2D eigenvalue weighted by atomic mass is 16.5. The predicted molar refractivity (Wildman–Crippen MR) is 226 cm³/mol. The fourth-order valence-corrected chi connectivity index (χ4v) is 9.80. The van der Waals surface area contributed by atoms with Crippen LogP contribution in [0.2, 0.25) is 0 Å². The van der Waals surface area contributed by atoms with Crippen molar-refractivity contribution in [2.45, 2.75) is 175 Å². The maximum atomic E-state index is 12.8. The van der Waals surface area contributed by atoms with Crippen LogP contribution in [0.1, 0.15) is 152 Å². The zero-order valence-corrected chi connectivity index (χ0v) is 36.6. The first kappa shape index (κ1) is 46.6. The molecule has 4 rings (SSSR count). The van der Waals surface area contributed by atoms with Crippen LogP contribution in [-0.4, -0.2) is 82.8 Å². The lowest BCUT2D eigenvalue weighted by atomic mass is 9.60. The average molecular weight is 794 g/mol. The molecule has 4 aliphatic rings. The van der Waals surface area contributed by atoms with E-state index in [2.05, 4.69) is 43.2 Å². The lowest BCUT2D eigenvalue weighted by molar-refractivity contribution is -0.137. The van der Waals surface area contributed by atoms with Crippen LogP contribution in [0.3, 0.4) is 0 Å². The molecule has 0 aromatic rings. The van der Waals surface area contributed by atoms with Crippen molar-refractivity contribution in [3.8, 4) is 0 Å². The van der Waals surface area contributed by atoms with Gasteiger partial charge in [-0.05, 0) is 141 Å². The molecule has 0 spiro atoms. The largest absolute Gasteiger partial charge is 0.390 e. The Bertz CT molecular complexity index is 1520. The number of ether oxygens (including phenoxy) is 2. The SMILES string of the molecule is C=C1CC[C@H](OCCCNC(=O)CC(C)(C)OCCC(C)(C)NC(=O)CCN2C(=O)C=CC2=O)C/C1=C/C=C1\CCC[C@]2(C)C([C@H](C)CCCC(C)(C)O)CC[C@@H]12. The standard InChI is InChI=1S/C47H75N3O7/c1-33-15-18-37(31-36(33)17-16-35-14-11-25-47(9)38(19-20-39(35)47)34(2)13-10-24-45(5,6)55)56-29-12-27-48-41(52)32-46(7,8)57-30-26-44(3,4)49-40(51)23-28-50-42(53)21-22-43(50)54/h16-17,21-22,34,37-39,55H,1,10-15,18-20,23-32H2,2-9H3,(H,48,52)(H,49,51)/b35-16+,36-17-/t34-,37+,38?,39+,47-/m1/s1. The molecular weight excluding hydrogens is 719 g/mol.